The lowest BCUT2D eigenvalue weighted by molar-refractivity contribution is 0.0796. The van der Waals surface area contributed by atoms with E-state index >= 15 is 0 Å². The van der Waals surface area contributed by atoms with E-state index in [0.717, 1.165) is 10.9 Å². The summed E-state index contributed by atoms with van der Waals surface area (Å²) in [4.78, 5) is 18.0. The molecule has 0 spiro atoms. The molecule has 0 radical (unpaired) electrons. The molecule has 0 aliphatic rings. The number of halogens is 1. The smallest absolute Gasteiger partial charge is 0.253 e. The van der Waals surface area contributed by atoms with Crippen LogP contribution in [0.4, 0.5) is 0 Å². The molecule has 1 aromatic heterocycles. The molecule has 0 saturated heterocycles. The van der Waals surface area contributed by atoms with Gasteiger partial charge < -0.3 is 4.90 Å². The minimum absolute atomic E-state index is 0.0201. The van der Waals surface area contributed by atoms with Crippen LogP contribution >= 0.6 is 11.6 Å². The van der Waals surface area contributed by atoms with Crippen molar-refractivity contribution in [1.29, 1.82) is 0 Å². The summed E-state index contributed by atoms with van der Waals surface area (Å²) in [5.74, 6) is -0.0201. The van der Waals surface area contributed by atoms with Gasteiger partial charge in [0.05, 0.1) is 5.52 Å². The Balaban J connectivity index is 2.28. The van der Waals surface area contributed by atoms with Crippen LogP contribution in [0.25, 0.3) is 10.9 Å². The van der Waals surface area contributed by atoms with Crippen molar-refractivity contribution in [2.75, 3.05) is 13.6 Å². The van der Waals surface area contributed by atoms with Crippen LogP contribution < -0.4 is 0 Å². The second-order valence-electron chi connectivity index (χ2n) is 4.38. The van der Waals surface area contributed by atoms with E-state index in [1.165, 1.54) is 0 Å². The maximum Gasteiger partial charge on any atom is 0.253 e. The molecular formula is C14H15ClN2O. The molecule has 1 heterocycles. The van der Waals surface area contributed by atoms with Gasteiger partial charge in [0.25, 0.3) is 5.91 Å². The number of amides is 1. The molecule has 0 fully saturated rings. The minimum atomic E-state index is -0.0546. The third-order valence-electron chi connectivity index (χ3n) is 2.72. The van der Waals surface area contributed by atoms with E-state index in [0.29, 0.717) is 12.1 Å². The number of benzene rings is 1. The summed E-state index contributed by atoms with van der Waals surface area (Å²) in [7, 11) is 1.76. The summed E-state index contributed by atoms with van der Waals surface area (Å²) in [5, 5.41) is 0.914. The third-order valence-corrected chi connectivity index (χ3v) is 2.86. The molecule has 1 aromatic carbocycles. The second-order valence-corrected chi connectivity index (χ2v) is 5.12. The van der Waals surface area contributed by atoms with Gasteiger partial charge in [-0.25, -0.2) is 0 Å². The molecule has 0 bridgehead atoms. The number of aromatic nitrogens is 1. The van der Waals surface area contributed by atoms with Gasteiger partial charge in [0.15, 0.2) is 0 Å². The quantitative estimate of drug-likeness (QED) is 0.797. The van der Waals surface area contributed by atoms with Crippen molar-refractivity contribution in [3.63, 3.8) is 0 Å². The van der Waals surface area contributed by atoms with Crippen LogP contribution in [-0.2, 0) is 0 Å². The number of carbonyl (C=O) groups is 1. The third kappa shape index (κ3) is 2.79. The molecule has 0 aliphatic carbocycles. The summed E-state index contributed by atoms with van der Waals surface area (Å²) >= 11 is 5.90. The zero-order valence-corrected chi connectivity index (χ0v) is 11.2. The fraction of sp³-hybridized carbons (Fsp3) is 0.286. The number of rotatable bonds is 3. The first-order chi connectivity index (χ1) is 8.58. The normalized spacial score (nSPS) is 12.4. The van der Waals surface area contributed by atoms with Crippen molar-refractivity contribution in [2.45, 2.75) is 12.3 Å². The summed E-state index contributed by atoms with van der Waals surface area (Å²) in [6.07, 6.45) is 1.74. The van der Waals surface area contributed by atoms with E-state index in [9.17, 15) is 4.79 Å². The standard InChI is InChI=1S/C14H15ClN2O/c1-10(15)9-17(2)14(18)12-5-6-13-11(8-12)4-3-7-16-13/h3-8,10H,9H2,1-2H3. The van der Waals surface area contributed by atoms with Gasteiger partial charge in [-0.15, -0.1) is 11.6 Å². The maximum atomic E-state index is 12.2. The van der Waals surface area contributed by atoms with E-state index in [-0.39, 0.29) is 11.3 Å². The lowest BCUT2D eigenvalue weighted by Crippen LogP contribution is -2.31. The van der Waals surface area contributed by atoms with Crippen molar-refractivity contribution in [1.82, 2.24) is 9.88 Å². The molecule has 0 saturated carbocycles. The van der Waals surface area contributed by atoms with Crippen molar-refractivity contribution >= 4 is 28.4 Å². The molecule has 0 N–H and O–H groups in total. The van der Waals surface area contributed by atoms with Crippen LogP contribution in [0.3, 0.4) is 0 Å². The van der Waals surface area contributed by atoms with Crippen LogP contribution in [0.15, 0.2) is 36.5 Å². The van der Waals surface area contributed by atoms with Gasteiger partial charge in [0.1, 0.15) is 0 Å². The van der Waals surface area contributed by atoms with Crippen LogP contribution in [0.2, 0.25) is 0 Å². The summed E-state index contributed by atoms with van der Waals surface area (Å²) in [5.41, 5.74) is 1.55. The molecule has 1 unspecified atom stereocenters. The van der Waals surface area contributed by atoms with Gasteiger partial charge in [0, 0.05) is 36.1 Å². The maximum absolute atomic E-state index is 12.2. The summed E-state index contributed by atoms with van der Waals surface area (Å²) in [6.45, 7) is 2.40. The Kier molecular flexibility index (Phi) is 3.82. The highest BCUT2D eigenvalue weighted by Gasteiger charge is 2.13. The van der Waals surface area contributed by atoms with Crippen molar-refractivity contribution in [3.05, 3.63) is 42.1 Å². The van der Waals surface area contributed by atoms with Gasteiger partial charge >= 0.3 is 0 Å². The topological polar surface area (TPSA) is 33.2 Å². The molecule has 4 heteroatoms. The minimum Gasteiger partial charge on any atom is -0.340 e. The number of nitrogens with zero attached hydrogens (tertiary/aromatic N) is 2. The summed E-state index contributed by atoms with van der Waals surface area (Å²) < 4.78 is 0. The number of carbonyl (C=O) groups excluding carboxylic acids is 1. The molecule has 3 nitrogen and oxygen atoms in total. The van der Waals surface area contributed by atoms with Gasteiger partial charge in [-0.05, 0) is 31.2 Å². The van der Waals surface area contributed by atoms with Crippen molar-refractivity contribution in [2.24, 2.45) is 0 Å². The van der Waals surface area contributed by atoms with Crippen molar-refractivity contribution < 1.29 is 4.79 Å². The molecule has 2 rings (SSSR count). The largest absolute Gasteiger partial charge is 0.340 e. The van der Waals surface area contributed by atoms with Gasteiger partial charge in [-0.3, -0.25) is 9.78 Å². The Morgan fingerprint density at radius 2 is 2.22 bits per heavy atom. The van der Waals surface area contributed by atoms with E-state index < -0.39 is 0 Å². The monoisotopic (exact) mass is 262 g/mol. The Bertz CT molecular complexity index is 568. The number of hydrogen-bond donors (Lipinski definition) is 0. The summed E-state index contributed by atoms with van der Waals surface area (Å²) in [6, 6.07) is 9.33. The van der Waals surface area contributed by atoms with Crippen LogP contribution in [0, 0.1) is 0 Å². The van der Waals surface area contributed by atoms with E-state index in [1.807, 2.05) is 31.2 Å². The highest BCUT2D eigenvalue weighted by molar-refractivity contribution is 6.20. The first kappa shape index (κ1) is 12.8. The van der Waals surface area contributed by atoms with Crippen LogP contribution in [0.1, 0.15) is 17.3 Å². The zero-order chi connectivity index (χ0) is 13.1. The number of hydrogen-bond acceptors (Lipinski definition) is 2. The Morgan fingerprint density at radius 3 is 2.94 bits per heavy atom. The predicted octanol–water partition coefficient (Wildman–Crippen LogP) is 2.93. The molecule has 1 atom stereocenters. The average Bonchev–Trinajstić information content (AvgIpc) is 2.36. The van der Waals surface area contributed by atoms with Crippen molar-refractivity contribution in [3.8, 4) is 0 Å². The first-order valence-corrected chi connectivity index (χ1v) is 6.26. The highest BCUT2D eigenvalue weighted by Crippen LogP contribution is 2.15. The first-order valence-electron chi connectivity index (χ1n) is 5.82. The fourth-order valence-electron chi connectivity index (χ4n) is 1.89. The van der Waals surface area contributed by atoms with Gasteiger partial charge in [-0.1, -0.05) is 6.07 Å². The predicted molar refractivity (Wildman–Crippen MR) is 74.0 cm³/mol. The molecular weight excluding hydrogens is 248 g/mol. The number of pyridine rings is 1. The number of alkyl halides is 1. The zero-order valence-electron chi connectivity index (χ0n) is 10.4. The molecule has 0 aliphatic heterocycles. The molecule has 94 valence electrons. The molecule has 2 aromatic rings. The number of fused-ring (bicyclic) bond motifs is 1. The van der Waals surface area contributed by atoms with E-state index in [1.54, 1.807) is 24.2 Å². The highest BCUT2D eigenvalue weighted by atomic mass is 35.5. The lowest BCUT2D eigenvalue weighted by atomic mass is 10.1. The molecule has 18 heavy (non-hydrogen) atoms. The van der Waals surface area contributed by atoms with Gasteiger partial charge in [-0.2, -0.15) is 0 Å². The molecule has 1 amide bonds. The van der Waals surface area contributed by atoms with Crippen LogP contribution in [-0.4, -0.2) is 34.8 Å². The lowest BCUT2D eigenvalue weighted by Gasteiger charge is -2.18. The Morgan fingerprint density at radius 1 is 1.44 bits per heavy atom. The Labute approximate surface area is 111 Å². The SMILES string of the molecule is CC(Cl)CN(C)C(=O)c1ccc2ncccc2c1. The van der Waals surface area contributed by atoms with Gasteiger partial charge in [0.2, 0.25) is 0 Å². The van der Waals surface area contributed by atoms with E-state index in [2.05, 4.69) is 4.98 Å². The van der Waals surface area contributed by atoms with E-state index in [4.69, 9.17) is 11.6 Å². The van der Waals surface area contributed by atoms with Crippen LogP contribution in [0.5, 0.6) is 0 Å². The second kappa shape index (κ2) is 5.36. The average molecular weight is 263 g/mol. The Hall–Kier alpha value is -1.61. The fourth-order valence-corrected chi connectivity index (χ4v) is 2.10.